The topological polar surface area (TPSA) is 93.6 Å². The number of rotatable bonds is 6. The number of fused-ring (bicyclic) bond motifs is 2. The Bertz CT molecular complexity index is 1580. The van der Waals surface area contributed by atoms with Gasteiger partial charge in [-0.05, 0) is 48.6 Å². The maximum Gasteiger partial charge on any atom is 0.339 e. The van der Waals surface area contributed by atoms with Crippen LogP contribution in [0.4, 0.5) is 5.69 Å². The van der Waals surface area contributed by atoms with Crippen LogP contribution in [-0.2, 0) is 14.3 Å². The van der Waals surface area contributed by atoms with Crippen molar-refractivity contribution in [1.29, 1.82) is 0 Å². The van der Waals surface area contributed by atoms with Crippen molar-refractivity contribution < 1.29 is 23.9 Å². The molecule has 2 aromatic heterocycles. The third-order valence-corrected chi connectivity index (χ3v) is 7.91. The number of amides is 2. The Kier molecular flexibility index (Phi) is 6.17. The molecule has 4 aromatic rings. The molecule has 3 heterocycles. The Labute approximate surface area is 222 Å². The summed E-state index contributed by atoms with van der Waals surface area (Å²) in [6, 6.07) is 19.3. The molecular formula is C30H22N2O5S. The summed E-state index contributed by atoms with van der Waals surface area (Å²) < 4.78 is 5.37. The number of nitrogens with zero attached hydrogens (tertiary/aromatic N) is 2. The van der Waals surface area contributed by atoms with Gasteiger partial charge in [-0.3, -0.25) is 19.3 Å². The summed E-state index contributed by atoms with van der Waals surface area (Å²) in [4.78, 5) is 57.8. The van der Waals surface area contributed by atoms with Crippen LogP contribution in [0.15, 0.2) is 84.3 Å². The molecule has 0 saturated carbocycles. The summed E-state index contributed by atoms with van der Waals surface area (Å²) in [5, 5.41) is 2.41. The molecule has 38 heavy (non-hydrogen) atoms. The van der Waals surface area contributed by atoms with Gasteiger partial charge in [0.1, 0.15) is 0 Å². The van der Waals surface area contributed by atoms with Crippen molar-refractivity contribution in [3.8, 4) is 11.3 Å². The number of esters is 1. The van der Waals surface area contributed by atoms with Gasteiger partial charge >= 0.3 is 5.97 Å². The predicted molar refractivity (Wildman–Crippen MR) is 144 cm³/mol. The smallest absolute Gasteiger partial charge is 0.339 e. The van der Waals surface area contributed by atoms with Crippen LogP contribution in [0.5, 0.6) is 0 Å². The van der Waals surface area contributed by atoms with E-state index in [-0.39, 0.29) is 36.0 Å². The van der Waals surface area contributed by atoms with Gasteiger partial charge in [-0.25, -0.2) is 9.78 Å². The van der Waals surface area contributed by atoms with Crippen molar-refractivity contribution in [1.82, 2.24) is 4.98 Å². The molecule has 1 saturated heterocycles. The molecular weight excluding hydrogens is 500 g/mol. The van der Waals surface area contributed by atoms with Crippen molar-refractivity contribution in [2.45, 2.75) is 12.8 Å². The summed E-state index contributed by atoms with van der Waals surface area (Å²) in [5.41, 5.74) is 2.66. The quantitative estimate of drug-likeness (QED) is 0.145. The zero-order valence-electron chi connectivity index (χ0n) is 20.2. The molecule has 188 valence electrons. The molecule has 2 aromatic carbocycles. The van der Waals surface area contributed by atoms with Crippen LogP contribution >= 0.6 is 11.3 Å². The van der Waals surface area contributed by atoms with E-state index in [2.05, 4.69) is 0 Å². The first-order valence-electron chi connectivity index (χ1n) is 12.3. The fourth-order valence-corrected chi connectivity index (χ4v) is 5.70. The van der Waals surface area contributed by atoms with E-state index >= 15 is 0 Å². The minimum Gasteiger partial charge on any atom is -0.454 e. The second-order valence-electron chi connectivity index (χ2n) is 9.26. The normalized spacial score (nSPS) is 18.6. The molecule has 0 N–H and O–H groups in total. The van der Waals surface area contributed by atoms with Gasteiger partial charge in [0.2, 0.25) is 17.6 Å². The molecule has 7 nitrogen and oxygen atoms in total. The lowest BCUT2D eigenvalue weighted by Gasteiger charge is -2.15. The molecule has 2 unspecified atom stereocenters. The number of benzene rings is 2. The number of ether oxygens (including phenoxy) is 1. The Morgan fingerprint density at radius 1 is 0.921 bits per heavy atom. The minimum atomic E-state index is -0.615. The van der Waals surface area contributed by atoms with Crippen LogP contribution in [-0.4, -0.2) is 35.2 Å². The zero-order chi connectivity index (χ0) is 26.2. The average Bonchev–Trinajstić information content (AvgIpc) is 3.58. The van der Waals surface area contributed by atoms with Crippen LogP contribution in [0.3, 0.4) is 0 Å². The minimum absolute atomic E-state index is 0.164. The lowest BCUT2D eigenvalue weighted by molar-refractivity contribution is -0.122. The number of anilines is 1. The largest absolute Gasteiger partial charge is 0.454 e. The van der Waals surface area contributed by atoms with E-state index in [1.807, 2.05) is 24.3 Å². The van der Waals surface area contributed by atoms with Gasteiger partial charge in [-0.2, -0.15) is 0 Å². The standard InChI is InChI=1S/C30H22N2O5S/c33-26(27-10-5-15-38-27)17-37-30(36)23-16-25(31-24-9-4-3-6-20(23)24)18-11-13-19(14-12-18)32-28(34)21-7-1-2-8-22(21)29(32)35/h1-6,9-16,21-22H,7-8,17H2. The average molecular weight is 523 g/mol. The number of ketones is 1. The molecule has 8 heteroatoms. The second-order valence-corrected chi connectivity index (χ2v) is 10.2. The highest BCUT2D eigenvalue weighted by atomic mass is 32.1. The van der Waals surface area contributed by atoms with Crippen LogP contribution < -0.4 is 4.90 Å². The summed E-state index contributed by atoms with van der Waals surface area (Å²) in [7, 11) is 0. The van der Waals surface area contributed by atoms with Gasteiger partial charge in [0.15, 0.2) is 6.61 Å². The first kappa shape index (κ1) is 23.9. The first-order valence-corrected chi connectivity index (χ1v) is 13.2. The van der Waals surface area contributed by atoms with Crippen molar-refractivity contribution in [2.75, 3.05) is 11.5 Å². The predicted octanol–water partition coefficient (Wildman–Crippen LogP) is 5.46. The number of carbonyl (C=O) groups is 4. The third kappa shape index (κ3) is 4.22. The Morgan fingerprint density at radius 2 is 1.63 bits per heavy atom. The number of Topliss-reactive ketones (excluding diaryl/α,β-unsaturated/α-hetero) is 1. The second kappa shape index (κ2) is 9.79. The van der Waals surface area contributed by atoms with E-state index < -0.39 is 5.97 Å². The zero-order valence-corrected chi connectivity index (χ0v) is 21.0. The van der Waals surface area contributed by atoms with Gasteiger partial charge in [0.25, 0.3) is 0 Å². The number of pyridine rings is 1. The van der Waals surface area contributed by atoms with Crippen LogP contribution in [0, 0.1) is 11.8 Å². The number of carbonyl (C=O) groups excluding carboxylic acids is 4. The fraction of sp³-hybridized carbons (Fsp3) is 0.167. The maximum atomic E-state index is 13.1. The fourth-order valence-electron chi connectivity index (χ4n) is 5.05. The highest BCUT2D eigenvalue weighted by Crippen LogP contribution is 2.38. The van der Waals surface area contributed by atoms with Gasteiger partial charge < -0.3 is 4.74 Å². The molecule has 1 aliphatic carbocycles. The Balaban J connectivity index is 1.28. The van der Waals surface area contributed by atoms with Crippen molar-refractivity contribution in [2.24, 2.45) is 11.8 Å². The molecule has 2 atom stereocenters. The Hall–Kier alpha value is -4.43. The van der Waals surface area contributed by atoms with Crippen molar-refractivity contribution >= 4 is 51.5 Å². The SMILES string of the molecule is O=C(COC(=O)c1cc(-c2ccc(N3C(=O)C4CC=CCC4C3=O)cc2)nc2ccccc12)c1cccs1. The van der Waals surface area contributed by atoms with E-state index in [0.29, 0.717) is 51.1 Å². The first-order chi connectivity index (χ1) is 18.5. The van der Waals surface area contributed by atoms with Crippen molar-refractivity contribution in [3.05, 3.63) is 94.7 Å². The lowest BCUT2D eigenvalue weighted by Crippen LogP contribution is -2.30. The Morgan fingerprint density at radius 3 is 2.32 bits per heavy atom. The van der Waals surface area contributed by atoms with E-state index in [4.69, 9.17) is 9.72 Å². The van der Waals surface area contributed by atoms with Crippen molar-refractivity contribution in [3.63, 3.8) is 0 Å². The lowest BCUT2D eigenvalue weighted by atomic mass is 9.85. The molecule has 2 aliphatic rings. The molecule has 0 radical (unpaired) electrons. The summed E-state index contributed by atoms with van der Waals surface area (Å²) >= 11 is 1.30. The van der Waals surface area contributed by atoms with Crippen LogP contribution in [0.1, 0.15) is 32.9 Å². The molecule has 2 amide bonds. The van der Waals surface area contributed by atoms with E-state index in [0.717, 1.165) is 0 Å². The van der Waals surface area contributed by atoms with Crippen LogP contribution in [0.2, 0.25) is 0 Å². The number of aromatic nitrogens is 1. The van der Waals surface area contributed by atoms with Gasteiger partial charge in [0, 0.05) is 10.9 Å². The summed E-state index contributed by atoms with van der Waals surface area (Å²) in [5.74, 6) is -1.80. The summed E-state index contributed by atoms with van der Waals surface area (Å²) in [6.07, 6.45) is 5.10. The third-order valence-electron chi connectivity index (χ3n) is 7.00. The number of hydrogen-bond donors (Lipinski definition) is 0. The number of imide groups is 1. The van der Waals surface area contributed by atoms with Gasteiger partial charge in [-0.15, -0.1) is 11.3 Å². The summed E-state index contributed by atoms with van der Waals surface area (Å²) in [6.45, 7) is -0.352. The number of allylic oxidation sites excluding steroid dienone is 2. The number of para-hydroxylation sites is 1. The van der Waals surface area contributed by atoms with Gasteiger partial charge in [0.05, 0.1) is 39.2 Å². The maximum absolute atomic E-state index is 13.1. The molecule has 1 fully saturated rings. The molecule has 6 rings (SSSR count). The monoisotopic (exact) mass is 522 g/mol. The number of hydrogen-bond acceptors (Lipinski definition) is 7. The highest BCUT2D eigenvalue weighted by molar-refractivity contribution is 7.12. The van der Waals surface area contributed by atoms with E-state index in [1.165, 1.54) is 16.2 Å². The molecule has 0 spiro atoms. The molecule has 0 bridgehead atoms. The molecule has 1 aliphatic heterocycles. The van der Waals surface area contributed by atoms with E-state index in [1.54, 1.807) is 60.0 Å². The number of thiophene rings is 1. The van der Waals surface area contributed by atoms with Crippen LogP contribution in [0.25, 0.3) is 22.2 Å². The van der Waals surface area contributed by atoms with Gasteiger partial charge in [-0.1, -0.05) is 48.6 Å². The highest BCUT2D eigenvalue weighted by Gasteiger charge is 2.47. The van der Waals surface area contributed by atoms with E-state index in [9.17, 15) is 19.2 Å².